The van der Waals surface area contributed by atoms with Crippen LogP contribution >= 0.6 is 15.9 Å². The molecule has 0 spiro atoms. The van der Waals surface area contributed by atoms with Crippen LogP contribution in [0.3, 0.4) is 0 Å². The van der Waals surface area contributed by atoms with E-state index in [9.17, 15) is 4.79 Å². The first-order chi connectivity index (χ1) is 5.29. The summed E-state index contributed by atoms with van der Waals surface area (Å²) in [6.07, 6.45) is 1.72. The lowest BCUT2D eigenvalue weighted by Gasteiger charge is -2.21. The maximum Gasteiger partial charge on any atom is 0.340 e. The van der Waals surface area contributed by atoms with Crippen molar-refractivity contribution in [2.45, 2.75) is 4.95 Å². The minimum atomic E-state index is -0.152. The quantitative estimate of drug-likeness (QED) is 0.501. The van der Waals surface area contributed by atoms with Crippen molar-refractivity contribution in [2.75, 3.05) is 0 Å². The predicted molar refractivity (Wildman–Crippen MR) is 43.2 cm³/mol. The van der Waals surface area contributed by atoms with Gasteiger partial charge in [0.1, 0.15) is 4.95 Å². The molecule has 2 N–H and O–H groups in total. The summed E-state index contributed by atoms with van der Waals surface area (Å²) in [7, 11) is 0. The van der Waals surface area contributed by atoms with Gasteiger partial charge in [0.25, 0.3) is 0 Å². The molecule has 1 aliphatic rings. The highest BCUT2D eigenvalue weighted by molar-refractivity contribution is 9.09. The Kier molecular flexibility index (Phi) is 1.47. The highest BCUT2D eigenvalue weighted by atomic mass is 79.9. The van der Waals surface area contributed by atoms with Gasteiger partial charge in [-0.25, -0.2) is 10.2 Å². The topological polar surface area (TPSA) is 46.1 Å². The van der Waals surface area contributed by atoms with Crippen molar-refractivity contribution in [3.05, 3.63) is 24.0 Å². The molecule has 0 saturated carbocycles. The van der Waals surface area contributed by atoms with Crippen molar-refractivity contribution in [1.82, 2.24) is 15.4 Å². The standard InChI is InChI=1S/C6H6BrN3O/c7-5-4-2-1-3-10(4)6(11)9-8-5/h1-3,5,8H,(H,9,11). The van der Waals surface area contributed by atoms with Gasteiger partial charge in [0, 0.05) is 6.20 Å². The molecule has 1 aliphatic heterocycles. The number of carbonyl (C=O) groups is 1. The first-order valence-corrected chi connectivity index (χ1v) is 4.08. The van der Waals surface area contributed by atoms with Crippen LogP contribution in [-0.4, -0.2) is 10.6 Å². The van der Waals surface area contributed by atoms with Crippen molar-refractivity contribution < 1.29 is 4.79 Å². The first-order valence-electron chi connectivity index (χ1n) is 3.16. The second-order valence-electron chi connectivity index (χ2n) is 2.24. The van der Waals surface area contributed by atoms with Crippen LogP contribution in [0.25, 0.3) is 0 Å². The molecule has 5 heteroatoms. The van der Waals surface area contributed by atoms with Gasteiger partial charge in [-0.15, -0.1) is 0 Å². The van der Waals surface area contributed by atoms with E-state index in [-0.39, 0.29) is 11.0 Å². The normalized spacial score (nSPS) is 22.6. The molecule has 0 bridgehead atoms. The number of nitrogens with zero attached hydrogens (tertiary/aromatic N) is 1. The van der Waals surface area contributed by atoms with Crippen LogP contribution in [0.5, 0.6) is 0 Å². The second kappa shape index (κ2) is 2.35. The Labute approximate surface area is 71.7 Å². The SMILES string of the molecule is O=C1NNC(Br)c2cccn21. The van der Waals surface area contributed by atoms with Crippen molar-refractivity contribution in [2.24, 2.45) is 0 Å². The van der Waals surface area contributed by atoms with Gasteiger partial charge in [0.2, 0.25) is 0 Å². The molecule has 0 aliphatic carbocycles. The molecular weight excluding hydrogens is 210 g/mol. The average molecular weight is 216 g/mol. The number of hydrazine groups is 1. The third-order valence-corrected chi connectivity index (χ3v) is 2.26. The van der Waals surface area contributed by atoms with Crippen LogP contribution in [-0.2, 0) is 0 Å². The molecule has 1 aromatic rings. The molecule has 0 aromatic carbocycles. The van der Waals surface area contributed by atoms with Crippen molar-refractivity contribution in [3.8, 4) is 0 Å². The van der Waals surface area contributed by atoms with Crippen molar-refractivity contribution in [1.29, 1.82) is 0 Å². The summed E-state index contributed by atoms with van der Waals surface area (Å²) in [5.41, 5.74) is 6.18. The van der Waals surface area contributed by atoms with Crippen LogP contribution in [0.15, 0.2) is 18.3 Å². The lowest BCUT2D eigenvalue weighted by Crippen LogP contribution is -2.46. The number of alkyl halides is 1. The van der Waals surface area contributed by atoms with Gasteiger partial charge >= 0.3 is 6.03 Å². The molecule has 11 heavy (non-hydrogen) atoms. The highest BCUT2D eigenvalue weighted by Crippen LogP contribution is 2.21. The van der Waals surface area contributed by atoms with Crippen LogP contribution in [0.2, 0.25) is 0 Å². The van der Waals surface area contributed by atoms with Gasteiger partial charge in [-0.2, -0.15) is 0 Å². The Hall–Kier alpha value is -0.810. The van der Waals surface area contributed by atoms with E-state index in [1.54, 1.807) is 10.8 Å². The van der Waals surface area contributed by atoms with Gasteiger partial charge in [0.15, 0.2) is 0 Å². The minimum Gasteiger partial charge on any atom is -0.271 e. The summed E-state index contributed by atoms with van der Waals surface area (Å²) in [6, 6.07) is 3.56. The van der Waals surface area contributed by atoms with E-state index in [2.05, 4.69) is 26.8 Å². The molecule has 1 unspecified atom stereocenters. The van der Waals surface area contributed by atoms with Gasteiger partial charge in [0.05, 0.1) is 5.69 Å². The molecule has 0 saturated heterocycles. The number of nitrogens with one attached hydrogen (secondary N) is 2. The summed E-state index contributed by atoms with van der Waals surface area (Å²) in [4.78, 5) is 11.1. The van der Waals surface area contributed by atoms with E-state index in [1.165, 1.54) is 0 Å². The van der Waals surface area contributed by atoms with E-state index in [1.807, 2.05) is 12.1 Å². The van der Waals surface area contributed by atoms with Crippen LogP contribution in [0.1, 0.15) is 10.6 Å². The Bertz CT molecular complexity index is 296. The highest BCUT2D eigenvalue weighted by Gasteiger charge is 2.20. The third-order valence-electron chi connectivity index (χ3n) is 1.56. The number of aromatic nitrogens is 1. The van der Waals surface area contributed by atoms with Crippen molar-refractivity contribution in [3.63, 3.8) is 0 Å². The zero-order valence-corrected chi connectivity index (χ0v) is 7.13. The van der Waals surface area contributed by atoms with Crippen LogP contribution in [0, 0.1) is 0 Å². The van der Waals surface area contributed by atoms with Gasteiger partial charge in [-0.05, 0) is 12.1 Å². The lowest BCUT2D eigenvalue weighted by molar-refractivity contribution is 0.232. The summed E-state index contributed by atoms with van der Waals surface area (Å²) in [5, 5.41) is 0. The van der Waals surface area contributed by atoms with E-state index >= 15 is 0 Å². The molecule has 1 aromatic heterocycles. The van der Waals surface area contributed by atoms with Crippen molar-refractivity contribution >= 4 is 22.0 Å². The summed E-state index contributed by atoms with van der Waals surface area (Å²) in [6.45, 7) is 0. The molecule has 1 atom stereocenters. The van der Waals surface area contributed by atoms with Crippen LogP contribution < -0.4 is 10.9 Å². The van der Waals surface area contributed by atoms with Gasteiger partial charge in [-0.3, -0.25) is 9.99 Å². The fourth-order valence-corrected chi connectivity index (χ4v) is 1.53. The number of halogens is 1. The Morgan fingerprint density at radius 1 is 1.64 bits per heavy atom. The summed E-state index contributed by atoms with van der Waals surface area (Å²) >= 11 is 3.35. The largest absolute Gasteiger partial charge is 0.340 e. The Balaban J connectivity index is 2.51. The number of carbonyl (C=O) groups excluding carboxylic acids is 1. The van der Waals surface area contributed by atoms with E-state index < -0.39 is 0 Å². The molecule has 2 heterocycles. The van der Waals surface area contributed by atoms with E-state index in [0.29, 0.717) is 0 Å². The number of fused-ring (bicyclic) bond motifs is 1. The monoisotopic (exact) mass is 215 g/mol. The summed E-state index contributed by atoms with van der Waals surface area (Å²) < 4.78 is 1.55. The maximum absolute atomic E-state index is 11.1. The fraction of sp³-hybridized carbons (Fsp3) is 0.167. The number of hydrogen-bond acceptors (Lipinski definition) is 2. The Morgan fingerprint density at radius 3 is 3.18 bits per heavy atom. The number of amides is 1. The number of rotatable bonds is 0. The maximum atomic E-state index is 11.1. The lowest BCUT2D eigenvalue weighted by atomic mass is 10.4. The molecule has 2 rings (SSSR count). The molecule has 58 valence electrons. The Morgan fingerprint density at radius 2 is 2.45 bits per heavy atom. The second-order valence-corrected chi connectivity index (χ2v) is 3.16. The minimum absolute atomic E-state index is 0.00444. The van der Waals surface area contributed by atoms with E-state index in [0.717, 1.165) is 5.69 Å². The average Bonchev–Trinajstić information content (AvgIpc) is 2.45. The fourth-order valence-electron chi connectivity index (χ4n) is 1.04. The first kappa shape index (κ1) is 6.87. The third kappa shape index (κ3) is 0.965. The van der Waals surface area contributed by atoms with E-state index in [4.69, 9.17) is 0 Å². The predicted octanol–water partition coefficient (Wildman–Crippen LogP) is 0.958. The molecule has 4 nitrogen and oxygen atoms in total. The summed E-state index contributed by atoms with van der Waals surface area (Å²) in [5.74, 6) is 0. The van der Waals surface area contributed by atoms with Gasteiger partial charge in [-0.1, -0.05) is 15.9 Å². The molecule has 0 fully saturated rings. The number of hydrogen-bond donors (Lipinski definition) is 2. The molecule has 1 amide bonds. The molecular formula is C6H6BrN3O. The smallest absolute Gasteiger partial charge is 0.271 e. The van der Waals surface area contributed by atoms with Gasteiger partial charge < -0.3 is 0 Å². The zero-order chi connectivity index (χ0) is 7.84. The molecule has 0 radical (unpaired) electrons. The van der Waals surface area contributed by atoms with Crippen LogP contribution in [0.4, 0.5) is 4.79 Å². The zero-order valence-electron chi connectivity index (χ0n) is 5.54.